The molecule has 0 bridgehead atoms. The van der Waals surface area contributed by atoms with Gasteiger partial charge in [-0.1, -0.05) is 39.7 Å². The summed E-state index contributed by atoms with van der Waals surface area (Å²) in [5, 5.41) is 9.37. The minimum absolute atomic E-state index is 0.601. The van der Waals surface area contributed by atoms with Gasteiger partial charge < -0.3 is 0 Å². The monoisotopic (exact) mass is 237 g/mol. The molecule has 13 heavy (non-hydrogen) atoms. The van der Waals surface area contributed by atoms with Gasteiger partial charge in [-0.15, -0.1) is 0 Å². The lowest BCUT2D eigenvalue weighted by Gasteiger charge is -2.05. The van der Waals surface area contributed by atoms with Crippen molar-refractivity contribution in [3.63, 3.8) is 0 Å². The summed E-state index contributed by atoms with van der Waals surface area (Å²) in [6, 6.07) is 8.56. The van der Waals surface area contributed by atoms with Crippen molar-refractivity contribution < 1.29 is 0 Å². The second kappa shape index (κ2) is 5.04. The fourth-order valence-corrected chi connectivity index (χ4v) is 1.86. The zero-order valence-electron chi connectivity index (χ0n) is 7.68. The number of halogens is 1. The molecule has 0 saturated carbocycles. The first-order chi connectivity index (χ1) is 6.27. The fourth-order valence-electron chi connectivity index (χ4n) is 1.31. The van der Waals surface area contributed by atoms with Gasteiger partial charge in [-0.05, 0) is 24.5 Å². The minimum atomic E-state index is 0.601. The standard InChI is InChI=1S/C11H12BrN/c1-9-4-5-11(8-12)10(7-9)3-2-6-13/h4-5,7H,2-3,8H2,1H3. The van der Waals surface area contributed by atoms with E-state index in [4.69, 9.17) is 5.26 Å². The largest absolute Gasteiger partial charge is 0.198 e. The Morgan fingerprint density at radius 2 is 2.15 bits per heavy atom. The maximum absolute atomic E-state index is 8.50. The zero-order valence-corrected chi connectivity index (χ0v) is 9.26. The molecule has 0 heterocycles. The lowest BCUT2D eigenvalue weighted by Crippen LogP contribution is -1.92. The first-order valence-electron chi connectivity index (χ1n) is 4.29. The molecule has 1 nitrogen and oxygen atoms in total. The average molecular weight is 238 g/mol. The smallest absolute Gasteiger partial charge is 0.0625 e. The summed E-state index contributed by atoms with van der Waals surface area (Å²) >= 11 is 3.44. The van der Waals surface area contributed by atoms with Crippen molar-refractivity contribution in [1.82, 2.24) is 0 Å². The van der Waals surface area contributed by atoms with Gasteiger partial charge in [-0.25, -0.2) is 0 Å². The van der Waals surface area contributed by atoms with Gasteiger partial charge in [0.1, 0.15) is 0 Å². The molecule has 0 aliphatic carbocycles. The molecular formula is C11H12BrN. The predicted molar refractivity (Wildman–Crippen MR) is 57.7 cm³/mol. The maximum atomic E-state index is 8.50. The number of rotatable bonds is 3. The molecular weight excluding hydrogens is 226 g/mol. The Labute approximate surface area is 87.5 Å². The van der Waals surface area contributed by atoms with Gasteiger partial charge in [-0.3, -0.25) is 0 Å². The lowest BCUT2D eigenvalue weighted by molar-refractivity contribution is 0.991. The summed E-state index contributed by atoms with van der Waals surface area (Å²) in [6.45, 7) is 2.08. The van der Waals surface area contributed by atoms with Crippen LogP contribution in [0.25, 0.3) is 0 Å². The van der Waals surface area contributed by atoms with E-state index in [0.29, 0.717) is 6.42 Å². The average Bonchev–Trinajstić information content (AvgIpc) is 2.15. The summed E-state index contributed by atoms with van der Waals surface area (Å²) < 4.78 is 0. The van der Waals surface area contributed by atoms with Crippen molar-refractivity contribution in [3.05, 3.63) is 34.9 Å². The Bertz CT molecular complexity index is 325. The van der Waals surface area contributed by atoms with Crippen LogP contribution in [0.4, 0.5) is 0 Å². The molecule has 0 amide bonds. The Kier molecular flexibility index (Phi) is 3.98. The molecule has 0 saturated heterocycles. The molecule has 0 aromatic heterocycles. The summed E-state index contributed by atoms with van der Waals surface area (Å²) in [6.07, 6.45) is 1.46. The zero-order chi connectivity index (χ0) is 9.68. The van der Waals surface area contributed by atoms with Crippen molar-refractivity contribution in [1.29, 1.82) is 5.26 Å². The van der Waals surface area contributed by atoms with Crippen LogP contribution in [0.15, 0.2) is 18.2 Å². The van der Waals surface area contributed by atoms with E-state index in [9.17, 15) is 0 Å². The third kappa shape index (κ3) is 2.86. The second-order valence-electron chi connectivity index (χ2n) is 3.06. The van der Waals surface area contributed by atoms with E-state index >= 15 is 0 Å². The van der Waals surface area contributed by atoms with Gasteiger partial charge in [0.15, 0.2) is 0 Å². The molecule has 1 aromatic rings. The number of nitriles is 1. The predicted octanol–water partition coefficient (Wildman–Crippen LogP) is 3.35. The van der Waals surface area contributed by atoms with E-state index in [2.05, 4.69) is 47.1 Å². The Hall–Kier alpha value is -0.810. The summed E-state index contributed by atoms with van der Waals surface area (Å²) in [5.74, 6) is 0. The SMILES string of the molecule is Cc1ccc(CBr)c(CCC#N)c1. The molecule has 0 unspecified atom stereocenters. The molecule has 0 N–H and O–H groups in total. The Morgan fingerprint density at radius 1 is 1.38 bits per heavy atom. The maximum Gasteiger partial charge on any atom is 0.0625 e. The van der Waals surface area contributed by atoms with Gasteiger partial charge in [0.2, 0.25) is 0 Å². The number of benzene rings is 1. The first-order valence-corrected chi connectivity index (χ1v) is 5.41. The van der Waals surface area contributed by atoms with E-state index in [1.54, 1.807) is 0 Å². The van der Waals surface area contributed by atoms with Crippen molar-refractivity contribution >= 4 is 15.9 Å². The quantitative estimate of drug-likeness (QED) is 0.741. The third-order valence-electron chi connectivity index (χ3n) is 2.01. The highest BCUT2D eigenvalue weighted by Crippen LogP contribution is 2.16. The summed E-state index contributed by atoms with van der Waals surface area (Å²) in [7, 11) is 0. The Balaban J connectivity index is 2.89. The van der Waals surface area contributed by atoms with Gasteiger partial charge >= 0.3 is 0 Å². The van der Waals surface area contributed by atoms with E-state index in [1.165, 1.54) is 16.7 Å². The molecule has 0 radical (unpaired) electrons. The van der Waals surface area contributed by atoms with E-state index in [-0.39, 0.29) is 0 Å². The van der Waals surface area contributed by atoms with E-state index in [1.807, 2.05) is 0 Å². The molecule has 0 fully saturated rings. The number of hydrogen-bond donors (Lipinski definition) is 0. The van der Waals surface area contributed by atoms with Crippen molar-refractivity contribution in [2.75, 3.05) is 0 Å². The van der Waals surface area contributed by atoms with E-state index in [0.717, 1.165) is 11.8 Å². The lowest BCUT2D eigenvalue weighted by atomic mass is 10.0. The van der Waals surface area contributed by atoms with Crippen LogP contribution in [0.3, 0.4) is 0 Å². The molecule has 1 rings (SSSR count). The van der Waals surface area contributed by atoms with Crippen LogP contribution in [0.1, 0.15) is 23.1 Å². The summed E-state index contributed by atoms with van der Waals surface area (Å²) in [4.78, 5) is 0. The van der Waals surface area contributed by atoms with Crippen LogP contribution in [-0.4, -0.2) is 0 Å². The number of hydrogen-bond acceptors (Lipinski definition) is 1. The number of aryl methyl sites for hydroxylation is 2. The highest BCUT2D eigenvalue weighted by Gasteiger charge is 2.00. The first kappa shape index (κ1) is 10.3. The highest BCUT2D eigenvalue weighted by atomic mass is 79.9. The molecule has 1 aromatic carbocycles. The van der Waals surface area contributed by atoms with E-state index < -0.39 is 0 Å². The van der Waals surface area contributed by atoms with Crippen molar-refractivity contribution in [2.24, 2.45) is 0 Å². The van der Waals surface area contributed by atoms with Crippen molar-refractivity contribution in [2.45, 2.75) is 25.1 Å². The van der Waals surface area contributed by atoms with Gasteiger partial charge in [0.25, 0.3) is 0 Å². The summed E-state index contributed by atoms with van der Waals surface area (Å²) in [5.41, 5.74) is 3.84. The van der Waals surface area contributed by atoms with Gasteiger partial charge in [-0.2, -0.15) is 5.26 Å². The number of alkyl halides is 1. The molecule has 0 atom stereocenters. The molecule has 0 aliphatic rings. The highest BCUT2D eigenvalue weighted by molar-refractivity contribution is 9.08. The normalized spacial score (nSPS) is 9.62. The number of nitrogens with zero attached hydrogens (tertiary/aromatic N) is 1. The fraction of sp³-hybridized carbons (Fsp3) is 0.364. The third-order valence-corrected chi connectivity index (χ3v) is 2.62. The van der Waals surface area contributed by atoms with Gasteiger partial charge in [0.05, 0.1) is 6.07 Å². The minimum Gasteiger partial charge on any atom is -0.198 e. The van der Waals surface area contributed by atoms with Gasteiger partial charge in [0, 0.05) is 11.8 Å². The topological polar surface area (TPSA) is 23.8 Å². The van der Waals surface area contributed by atoms with Crippen LogP contribution >= 0.6 is 15.9 Å². The van der Waals surface area contributed by atoms with Crippen LogP contribution in [-0.2, 0) is 11.8 Å². The molecule has 2 heteroatoms. The second-order valence-corrected chi connectivity index (χ2v) is 3.62. The molecule has 68 valence electrons. The Morgan fingerprint density at radius 3 is 2.77 bits per heavy atom. The van der Waals surface area contributed by atoms with Crippen molar-refractivity contribution in [3.8, 4) is 6.07 Å². The van der Waals surface area contributed by atoms with Crippen LogP contribution < -0.4 is 0 Å². The van der Waals surface area contributed by atoms with Crippen LogP contribution in [0.5, 0.6) is 0 Å². The molecule has 0 spiro atoms. The van der Waals surface area contributed by atoms with Crippen LogP contribution in [0, 0.1) is 18.3 Å². The molecule has 0 aliphatic heterocycles. The van der Waals surface area contributed by atoms with Crippen LogP contribution in [0.2, 0.25) is 0 Å².